The van der Waals surface area contributed by atoms with Crippen LogP contribution in [0.5, 0.6) is 5.75 Å². The third-order valence-corrected chi connectivity index (χ3v) is 6.97. The maximum absolute atomic E-state index is 14.0. The molecule has 2 aliphatic heterocycles. The molecule has 2 aliphatic rings. The lowest BCUT2D eigenvalue weighted by Gasteiger charge is -2.51. The number of nitriles is 1. The van der Waals surface area contributed by atoms with Crippen LogP contribution in [0.1, 0.15) is 42.0 Å². The van der Waals surface area contributed by atoms with Crippen molar-refractivity contribution in [3.8, 4) is 11.8 Å². The van der Waals surface area contributed by atoms with Gasteiger partial charge in [0.15, 0.2) is 5.41 Å². The van der Waals surface area contributed by atoms with E-state index in [-0.39, 0.29) is 24.3 Å². The molecule has 0 bridgehead atoms. The number of fused-ring (bicyclic) bond motifs is 3. The van der Waals surface area contributed by atoms with Gasteiger partial charge in [0, 0.05) is 17.8 Å². The Morgan fingerprint density at radius 2 is 1.74 bits per heavy atom. The molecule has 196 valence electrons. The minimum Gasteiger partial charge on any atom is -0.497 e. The van der Waals surface area contributed by atoms with Crippen molar-refractivity contribution in [2.45, 2.75) is 25.3 Å². The summed E-state index contributed by atoms with van der Waals surface area (Å²) in [6, 6.07) is 15.5. The zero-order valence-corrected chi connectivity index (χ0v) is 21.6. The summed E-state index contributed by atoms with van der Waals surface area (Å²) in [6.45, 7) is 1.68. The Labute approximate surface area is 220 Å². The lowest BCUT2D eigenvalue weighted by Crippen LogP contribution is -2.54. The Hall–Kier alpha value is -4.58. The second kappa shape index (κ2) is 10.8. The van der Waals surface area contributed by atoms with E-state index in [0.29, 0.717) is 16.9 Å². The van der Waals surface area contributed by atoms with Crippen LogP contribution >= 0.6 is 0 Å². The van der Waals surface area contributed by atoms with Crippen molar-refractivity contribution in [2.24, 2.45) is 5.41 Å². The molecule has 38 heavy (non-hydrogen) atoms. The first-order valence-electron chi connectivity index (χ1n) is 12.0. The summed E-state index contributed by atoms with van der Waals surface area (Å²) < 4.78 is 21.0. The number of carbonyl (C=O) groups excluding carboxylic acids is 3. The van der Waals surface area contributed by atoms with E-state index in [1.807, 2.05) is 24.3 Å². The lowest BCUT2D eigenvalue weighted by molar-refractivity contribution is -0.157. The first-order chi connectivity index (χ1) is 18.4. The van der Waals surface area contributed by atoms with E-state index >= 15 is 0 Å². The fraction of sp³-hybridized carbons (Fsp3) is 0.310. The molecule has 2 aromatic rings. The Bertz CT molecular complexity index is 1360. The highest BCUT2D eigenvalue weighted by atomic mass is 16.5. The SMILES string of the molecule is CCOC(=O)[C@]1(C#N)[C@@H](c2ccc(OC)cc2)C(C(=O)OC)=C(CC(=O)OC)N2C=Cc3ccccc3[C@H]21. The molecular weight excluding hydrogens is 488 g/mol. The van der Waals surface area contributed by atoms with Crippen LogP contribution in [-0.4, -0.2) is 50.7 Å². The molecule has 0 fully saturated rings. The van der Waals surface area contributed by atoms with Gasteiger partial charge in [0.05, 0.1) is 52.0 Å². The van der Waals surface area contributed by atoms with E-state index in [0.717, 1.165) is 5.56 Å². The molecule has 2 heterocycles. The van der Waals surface area contributed by atoms with Gasteiger partial charge in [0.2, 0.25) is 0 Å². The van der Waals surface area contributed by atoms with Crippen molar-refractivity contribution in [1.82, 2.24) is 4.90 Å². The second-order valence-corrected chi connectivity index (χ2v) is 8.77. The molecule has 9 nitrogen and oxygen atoms in total. The summed E-state index contributed by atoms with van der Waals surface area (Å²) in [4.78, 5) is 41.7. The van der Waals surface area contributed by atoms with Crippen molar-refractivity contribution in [1.29, 1.82) is 5.26 Å². The average molecular weight is 517 g/mol. The van der Waals surface area contributed by atoms with Gasteiger partial charge in [0.25, 0.3) is 0 Å². The van der Waals surface area contributed by atoms with Gasteiger partial charge >= 0.3 is 17.9 Å². The van der Waals surface area contributed by atoms with Crippen molar-refractivity contribution in [3.05, 3.63) is 82.7 Å². The number of benzene rings is 2. The number of methoxy groups -OCH3 is 3. The number of hydrogen-bond acceptors (Lipinski definition) is 9. The maximum Gasteiger partial charge on any atom is 0.336 e. The highest BCUT2D eigenvalue weighted by Gasteiger charge is 2.63. The third kappa shape index (κ3) is 4.18. The van der Waals surface area contributed by atoms with Gasteiger partial charge in [-0.25, -0.2) is 4.79 Å². The van der Waals surface area contributed by atoms with Gasteiger partial charge in [-0.1, -0.05) is 36.4 Å². The molecule has 0 unspecified atom stereocenters. The van der Waals surface area contributed by atoms with Crippen LogP contribution in [0, 0.1) is 16.7 Å². The summed E-state index contributed by atoms with van der Waals surface area (Å²) in [5.74, 6) is -2.76. The van der Waals surface area contributed by atoms with Crippen molar-refractivity contribution >= 4 is 24.0 Å². The average Bonchev–Trinajstić information content (AvgIpc) is 2.96. The smallest absolute Gasteiger partial charge is 0.336 e. The molecule has 9 heteroatoms. The predicted molar refractivity (Wildman–Crippen MR) is 136 cm³/mol. The molecule has 0 saturated carbocycles. The third-order valence-electron chi connectivity index (χ3n) is 6.97. The van der Waals surface area contributed by atoms with E-state index in [1.54, 1.807) is 48.4 Å². The van der Waals surface area contributed by atoms with Crippen molar-refractivity contribution in [3.63, 3.8) is 0 Å². The highest BCUT2D eigenvalue weighted by molar-refractivity contribution is 5.97. The quantitative estimate of drug-likeness (QED) is 0.399. The van der Waals surface area contributed by atoms with Gasteiger partial charge < -0.3 is 23.8 Å². The van der Waals surface area contributed by atoms with Crippen molar-refractivity contribution < 1.29 is 33.3 Å². The van der Waals surface area contributed by atoms with Crippen molar-refractivity contribution in [2.75, 3.05) is 27.9 Å². The number of ether oxygens (including phenoxy) is 4. The largest absolute Gasteiger partial charge is 0.497 e. The second-order valence-electron chi connectivity index (χ2n) is 8.77. The zero-order chi connectivity index (χ0) is 27.4. The van der Waals surface area contributed by atoms with Gasteiger partial charge in [0.1, 0.15) is 5.75 Å². The van der Waals surface area contributed by atoms with E-state index in [9.17, 15) is 19.6 Å². The van der Waals surface area contributed by atoms with Crippen LogP contribution in [0.4, 0.5) is 0 Å². The highest BCUT2D eigenvalue weighted by Crippen LogP contribution is 2.59. The summed E-state index contributed by atoms with van der Waals surface area (Å²) in [6.07, 6.45) is 3.18. The molecule has 0 aromatic heterocycles. The van der Waals surface area contributed by atoms with Crippen LogP contribution in [0.25, 0.3) is 6.08 Å². The van der Waals surface area contributed by atoms with Crippen LogP contribution < -0.4 is 4.74 Å². The first-order valence-corrected chi connectivity index (χ1v) is 12.0. The Balaban J connectivity index is 2.16. The number of esters is 3. The molecule has 4 rings (SSSR count). The Morgan fingerprint density at radius 1 is 1.03 bits per heavy atom. The monoisotopic (exact) mass is 516 g/mol. The minimum atomic E-state index is -1.94. The summed E-state index contributed by atoms with van der Waals surface area (Å²) in [5, 5.41) is 10.9. The van der Waals surface area contributed by atoms with Crippen LogP contribution in [0.3, 0.4) is 0 Å². The van der Waals surface area contributed by atoms with Gasteiger partial charge in [-0.2, -0.15) is 5.26 Å². The normalized spacial score (nSPS) is 21.5. The minimum absolute atomic E-state index is 0.00190. The zero-order valence-electron chi connectivity index (χ0n) is 21.6. The van der Waals surface area contributed by atoms with Gasteiger partial charge in [-0.3, -0.25) is 9.59 Å². The fourth-order valence-corrected chi connectivity index (χ4v) is 5.33. The molecule has 0 aliphatic carbocycles. The van der Waals surface area contributed by atoms with Gasteiger partial charge in [-0.15, -0.1) is 0 Å². The lowest BCUT2D eigenvalue weighted by atomic mass is 9.59. The number of rotatable bonds is 7. The number of carbonyl (C=O) groups is 3. The maximum atomic E-state index is 14.0. The Kier molecular flexibility index (Phi) is 7.53. The predicted octanol–water partition coefficient (Wildman–Crippen LogP) is 3.88. The van der Waals surface area contributed by atoms with Crippen LogP contribution in [0.2, 0.25) is 0 Å². The standard InChI is InChI=1S/C29H28N2O7/c1-5-38-28(34)29(17-30)25(19-10-12-20(35-2)13-11-19)24(27(33)37-4)22(16-23(32)36-3)31-15-14-18-8-6-7-9-21(18)26(29)31/h6-15,25-26H,5,16H2,1-4H3/t25-,26-,29+/m0/s1. The molecule has 0 amide bonds. The summed E-state index contributed by atoms with van der Waals surface area (Å²) in [5.41, 5.74) is 0.289. The van der Waals surface area contributed by atoms with E-state index in [4.69, 9.17) is 18.9 Å². The molecule has 0 saturated heterocycles. The Morgan fingerprint density at radius 3 is 2.34 bits per heavy atom. The van der Waals surface area contributed by atoms with E-state index in [2.05, 4.69) is 6.07 Å². The molecule has 3 atom stereocenters. The summed E-state index contributed by atoms with van der Waals surface area (Å²) >= 11 is 0. The molecule has 2 aromatic carbocycles. The molecular formula is C29H28N2O7. The van der Waals surface area contributed by atoms with Crippen LogP contribution in [0.15, 0.2) is 66.0 Å². The van der Waals surface area contributed by atoms with E-state index < -0.39 is 35.3 Å². The van der Waals surface area contributed by atoms with Gasteiger partial charge in [-0.05, 0) is 41.8 Å². The molecule has 0 radical (unpaired) electrons. The first kappa shape index (κ1) is 26.5. The van der Waals surface area contributed by atoms with E-state index in [1.165, 1.54) is 21.3 Å². The van der Waals surface area contributed by atoms with Crippen LogP contribution in [-0.2, 0) is 28.6 Å². The number of nitrogens with zero attached hydrogens (tertiary/aromatic N) is 2. The topological polar surface area (TPSA) is 115 Å². The molecule has 0 spiro atoms. The summed E-state index contributed by atoms with van der Waals surface area (Å²) in [7, 11) is 3.98. The molecule has 0 N–H and O–H groups in total. The fourth-order valence-electron chi connectivity index (χ4n) is 5.33. The number of hydrogen-bond donors (Lipinski definition) is 0.